The number of phenolic OH excluding ortho intramolecular Hbond substituents is 1. The van der Waals surface area contributed by atoms with E-state index in [-0.39, 0.29) is 17.7 Å². The number of aromatic nitrogens is 2. The van der Waals surface area contributed by atoms with Crippen molar-refractivity contribution < 1.29 is 9.90 Å². The molecule has 2 heterocycles. The third-order valence-electron chi connectivity index (χ3n) is 4.20. The Hall–Kier alpha value is -2.34. The molecule has 1 aromatic heterocycles. The van der Waals surface area contributed by atoms with Crippen molar-refractivity contribution in [1.82, 2.24) is 20.4 Å². The molecular formula is C17H22N4O2. The highest BCUT2D eigenvalue weighted by Gasteiger charge is 2.19. The van der Waals surface area contributed by atoms with Crippen LogP contribution in [0.4, 0.5) is 0 Å². The monoisotopic (exact) mass is 314 g/mol. The van der Waals surface area contributed by atoms with Gasteiger partial charge in [0, 0.05) is 12.7 Å². The first-order chi connectivity index (χ1) is 11.1. The quantitative estimate of drug-likeness (QED) is 0.806. The largest absolute Gasteiger partial charge is 0.508 e. The van der Waals surface area contributed by atoms with Gasteiger partial charge in [0.15, 0.2) is 0 Å². The summed E-state index contributed by atoms with van der Waals surface area (Å²) in [6.07, 6.45) is 4.07. The molecule has 0 aliphatic carbocycles. The summed E-state index contributed by atoms with van der Waals surface area (Å²) in [6, 6.07) is 8.76. The van der Waals surface area contributed by atoms with E-state index < -0.39 is 0 Å². The van der Waals surface area contributed by atoms with Crippen LogP contribution in [-0.2, 0) is 0 Å². The van der Waals surface area contributed by atoms with Crippen LogP contribution in [0.5, 0.6) is 5.75 Å². The molecule has 0 spiro atoms. The fraction of sp³-hybridized carbons (Fsp3) is 0.412. The minimum atomic E-state index is -0.205. The van der Waals surface area contributed by atoms with Gasteiger partial charge in [0.2, 0.25) is 0 Å². The van der Waals surface area contributed by atoms with Gasteiger partial charge < -0.3 is 15.7 Å². The van der Waals surface area contributed by atoms with E-state index in [1.54, 1.807) is 24.3 Å². The average molecular weight is 314 g/mol. The third kappa shape index (κ3) is 3.71. The lowest BCUT2D eigenvalue weighted by molar-refractivity contribution is 0.0933. The standard InChI is InChI=1S/C17H22N4O2/c1-12(13-4-2-6-15(22)10-13)19-17(23)16-7-9-21(20-16)14-5-3-8-18-11-14/h2,4,6-7,9-10,12,14,18,22H,3,5,8,11H2,1H3,(H,19,23). The van der Waals surface area contributed by atoms with Crippen LogP contribution in [0, 0.1) is 0 Å². The predicted octanol–water partition coefficient (Wildman–Crippen LogP) is 2.00. The lowest BCUT2D eigenvalue weighted by Crippen LogP contribution is -2.32. The smallest absolute Gasteiger partial charge is 0.272 e. The molecule has 6 heteroatoms. The molecule has 1 saturated heterocycles. The first-order valence-electron chi connectivity index (χ1n) is 7.99. The number of nitrogens with one attached hydrogen (secondary N) is 2. The lowest BCUT2D eigenvalue weighted by Gasteiger charge is -2.22. The molecule has 0 saturated carbocycles. The summed E-state index contributed by atoms with van der Waals surface area (Å²) in [4.78, 5) is 12.3. The van der Waals surface area contributed by atoms with Gasteiger partial charge in [-0.15, -0.1) is 0 Å². The SMILES string of the molecule is CC(NC(=O)c1ccn(C2CCCNC2)n1)c1cccc(O)c1. The Morgan fingerprint density at radius 2 is 2.35 bits per heavy atom. The Kier molecular flexibility index (Phi) is 4.62. The fourth-order valence-corrected chi connectivity index (χ4v) is 2.87. The number of piperidine rings is 1. The predicted molar refractivity (Wildman–Crippen MR) is 87.4 cm³/mol. The van der Waals surface area contributed by atoms with Crippen molar-refractivity contribution in [1.29, 1.82) is 0 Å². The summed E-state index contributed by atoms with van der Waals surface area (Å²) in [5, 5.41) is 20.2. The number of benzene rings is 1. The second-order valence-electron chi connectivity index (χ2n) is 5.97. The number of hydrogen-bond donors (Lipinski definition) is 3. The van der Waals surface area contributed by atoms with E-state index in [4.69, 9.17) is 0 Å². The van der Waals surface area contributed by atoms with Crippen LogP contribution in [0.2, 0.25) is 0 Å². The molecule has 23 heavy (non-hydrogen) atoms. The van der Waals surface area contributed by atoms with Crippen molar-refractivity contribution >= 4 is 5.91 Å². The maximum absolute atomic E-state index is 12.3. The Labute approximate surface area is 135 Å². The number of nitrogens with zero attached hydrogens (tertiary/aromatic N) is 2. The van der Waals surface area contributed by atoms with Crippen LogP contribution in [0.1, 0.15) is 47.9 Å². The van der Waals surface area contributed by atoms with Gasteiger partial charge in [0.1, 0.15) is 11.4 Å². The van der Waals surface area contributed by atoms with Gasteiger partial charge >= 0.3 is 0 Å². The molecule has 1 aromatic carbocycles. The Morgan fingerprint density at radius 1 is 1.48 bits per heavy atom. The number of phenols is 1. The number of aromatic hydroxyl groups is 1. The second kappa shape index (κ2) is 6.83. The highest BCUT2D eigenvalue weighted by Crippen LogP contribution is 2.19. The van der Waals surface area contributed by atoms with Crippen molar-refractivity contribution in [2.75, 3.05) is 13.1 Å². The molecule has 2 aromatic rings. The molecule has 6 nitrogen and oxygen atoms in total. The van der Waals surface area contributed by atoms with E-state index in [1.165, 1.54) is 0 Å². The van der Waals surface area contributed by atoms with Crippen LogP contribution in [0.15, 0.2) is 36.5 Å². The number of rotatable bonds is 4. The Bertz CT molecular complexity index is 677. The highest BCUT2D eigenvalue weighted by molar-refractivity contribution is 5.92. The van der Waals surface area contributed by atoms with E-state index in [0.29, 0.717) is 11.7 Å². The molecule has 1 aliphatic heterocycles. The molecule has 3 N–H and O–H groups in total. The number of carbonyl (C=O) groups excluding carboxylic acids is 1. The summed E-state index contributed by atoms with van der Waals surface area (Å²) in [7, 11) is 0. The van der Waals surface area contributed by atoms with E-state index in [9.17, 15) is 9.90 Å². The summed E-state index contributed by atoms with van der Waals surface area (Å²) in [5.41, 5.74) is 1.27. The van der Waals surface area contributed by atoms with Crippen molar-refractivity contribution in [3.8, 4) is 5.75 Å². The van der Waals surface area contributed by atoms with E-state index in [1.807, 2.05) is 23.9 Å². The third-order valence-corrected chi connectivity index (χ3v) is 4.20. The zero-order valence-electron chi connectivity index (χ0n) is 13.2. The fourth-order valence-electron chi connectivity index (χ4n) is 2.87. The zero-order chi connectivity index (χ0) is 16.2. The van der Waals surface area contributed by atoms with Crippen LogP contribution in [-0.4, -0.2) is 33.9 Å². The van der Waals surface area contributed by atoms with Crippen LogP contribution >= 0.6 is 0 Å². The molecule has 1 aliphatic rings. The number of amides is 1. The van der Waals surface area contributed by atoms with E-state index in [2.05, 4.69) is 15.7 Å². The molecule has 122 valence electrons. The molecule has 1 amide bonds. The molecule has 0 radical (unpaired) electrons. The normalized spacial score (nSPS) is 19.3. The minimum absolute atomic E-state index is 0.192. The summed E-state index contributed by atoms with van der Waals surface area (Å²) >= 11 is 0. The van der Waals surface area contributed by atoms with Gasteiger partial charge in [-0.05, 0) is 50.1 Å². The van der Waals surface area contributed by atoms with Crippen LogP contribution < -0.4 is 10.6 Å². The average Bonchev–Trinajstić information content (AvgIpc) is 3.06. The summed E-state index contributed by atoms with van der Waals surface area (Å²) in [5.74, 6) is -0.0129. The zero-order valence-corrected chi connectivity index (χ0v) is 13.2. The molecule has 3 rings (SSSR count). The van der Waals surface area contributed by atoms with E-state index in [0.717, 1.165) is 31.5 Å². The highest BCUT2D eigenvalue weighted by atomic mass is 16.3. The van der Waals surface area contributed by atoms with Crippen molar-refractivity contribution in [2.24, 2.45) is 0 Å². The molecular weight excluding hydrogens is 292 g/mol. The van der Waals surface area contributed by atoms with Crippen LogP contribution in [0.25, 0.3) is 0 Å². The number of carbonyl (C=O) groups is 1. The van der Waals surface area contributed by atoms with Gasteiger partial charge in [-0.3, -0.25) is 9.48 Å². The topological polar surface area (TPSA) is 79.2 Å². The number of hydrogen-bond acceptors (Lipinski definition) is 4. The molecule has 1 fully saturated rings. The van der Waals surface area contributed by atoms with Crippen molar-refractivity contribution in [3.63, 3.8) is 0 Å². The maximum atomic E-state index is 12.3. The molecule has 2 atom stereocenters. The Morgan fingerprint density at radius 3 is 3.09 bits per heavy atom. The van der Waals surface area contributed by atoms with Gasteiger partial charge in [-0.25, -0.2) is 0 Å². The molecule has 2 unspecified atom stereocenters. The van der Waals surface area contributed by atoms with Gasteiger partial charge in [-0.2, -0.15) is 5.10 Å². The van der Waals surface area contributed by atoms with Gasteiger partial charge in [0.05, 0.1) is 12.1 Å². The first-order valence-corrected chi connectivity index (χ1v) is 7.99. The van der Waals surface area contributed by atoms with Crippen molar-refractivity contribution in [2.45, 2.75) is 31.8 Å². The maximum Gasteiger partial charge on any atom is 0.272 e. The van der Waals surface area contributed by atoms with Crippen molar-refractivity contribution in [3.05, 3.63) is 47.8 Å². The minimum Gasteiger partial charge on any atom is -0.508 e. The summed E-state index contributed by atoms with van der Waals surface area (Å²) in [6.45, 7) is 3.82. The van der Waals surface area contributed by atoms with E-state index >= 15 is 0 Å². The second-order valence-corrected chi connectivity index (χ2v) is 5.97. The Balaban J connectivity index is 1.65. The lowest BCUT2D eigenvalue weighted by atomic mass is 10.1. The van der Waals surface area contributed by atoms with Crippen LogP contribution in [0.3, 0.4) is 0 Å². The summed E-state index contributed by atoms with van der Waals surface area (Å²) < 4.78 is 1.88. The van der Waals surface area contributed by atoms with Gasteiger partial charge in [-0.1, -0.05) is 12.1 Å². The van der Waals surface area contributed by atoms with Gasteiger partial charge in [0.25, 0.3) is 5.91 Å². The first kappa shape index (κ1) is 15.6. The molecule has 0 bridgehead atoms.